The fourth-order valence-corrected chi connectivity index (χ4v) is 4.34. The molecule has 3 rings (SSSR count). The van der Waals surface area contributed by atoms with E-state index in [1.54, 1.807) is 11.3 Å². The van der Waals surface area contributed by atoms with Gasteiger partial charge in [0.25, 0.3) is 0 Å². The molecule has 5 nitrogen and oxygen atoms in total. The van der Waals surface area contributed by atoms with Crippen molar-refractivity contribution in [1.82, 2.24) is 15.1 Å². The van der Waals surface area contributed by atoms with Crippen LogP contribution in [-0.2, 0) is 11.2 Å². The highest BCUT2D eigenvalue weighted by molar-refractivity contribution is 7.10. The molecule has 0 radical (unpaired) electrons. The van der Waals surface area contributed by atoms with Crippen molar-refractivity contribution in [2.75, 3.05) is 26.2 Å². The van der Waals surface area contributed by atoms with Gasteiger partial charge >= 0.3 is 6.03 Å². The number of amides is 3. The predicted octanol–water partition coefficient (Wildman–Crippen LogP) is 2.39. The molecule has 1 unspecified atom stereocenters. The Balaban J connectivity index is 1.59. The van der Waals surface area contributed by atoms with Gasteiger partial charge in [-0.15, -0.1) is 11.3 Å². The number of hydrogen-bond donors (Lipinski definition) is 1. The third kappa shape index (κ3) is 2.97. The molecule has 1 saturated heterocycles. The first-order valence-electron chi connectivity index (χ1n) is 8.09. The quantitative estimate of drug-likeness (QED) is 0.929. The molecule has 3 amide bonds. The van der Waals surface area contributed by atoms with Crippen LogP contribution in [0.5, 0.6) is 0 Å². The summed E-state index contributed by atoms with van der Waals surface area (Å²) >= 11 is 1.77. The van der Waals surface area contributed by atoms with E-state index in [4.69, 9.17) is 0 Å². The third-order valence-electron chi connectivity index (χ3n) is 4.59. The molecule has 120 valence electrons. The Hall–Kier alpha value is -1.56. The molecule has 0 aliphatic carbocycles. The van der Waals surface area contributed by atoms with Crippen molar-refractivity contribution in [2.24, 2.45) is 0 Å². The monoisotopic (exact) mass is 321 g/mol. The third-order valence-corrected chi connectivity index (χ3v) is 5.59. The average molecular weight is 321 g/mol. The lowest BCUT2D eigenvalue weighted by Crippen LogP contribution is -2.48. The first-order chi connectivity index (χ1) is 10.7. The lowest BCUT2D eigenvalue weighted by molar-refractivity contribution is -0.129. The summed E-state index contributed by atoms with van der Waals surface area (Å²) in [5.74, 6) is 0.0344. The van der Waals surface area contributed by atoms with E-state index in [9.17, 15) is 9.59 Å². The van der Waals surface area contributed by atoms with E-state index in [0.717, 1.165) is 45.3 Å². The Bertz CT molecular complexity index is 551. The van der Waals surface area contributed by atoms with Crippen molar-refractivity contribution < 1.29 is 9.59 Å². The van der Waals surface area contributed by atoms with Crippen LogP contribution in [0, 0.1) is 0 Å². The van der Waals surface area contributed by atoms with Crippen LogP contribution < -0.4 is 5.32 Å². The van der Waals surface area contributed by atoms with Crippen molar-refractivity contribution in [1.29, 1.82) is 0 Å². The Morgan fingerprint density at radius 3 is 2.82 bits per heavy atom. The number of nitrogens with one attached hydrogen (secondary N) is 1. The maximum absolute atomic E-state index is 12.5. The summed E-state index contributed by atoms with van der Waals surface area (Å²) < 4.78 is 0. The highest BCUT2D eigenvalue weighted by Crippen LogP contribution is 2.35. The number of rotatable bonds is 3. The number of fused-ring (bicyclic) bond motifs is 1. The number of urea groups is 1. The van der Waals surface area contributed by atoms with E-state index in [2.05, 4.69) is 23.7 Å². The van der Waals surface area contributed by atoms with Gasteiger partial charge < -0.3 is 15.1 Å². The predicted molar refractivity (Wildman–Crippen MR) is 87.0 cm³/mol. The molecule has 2 aliphatic heterocycles. The largest absolute Gasteiger partial charge is 0.341 e. The SMILES string of the molecule is CCC1c2ccsc2CCN1C(=O)NCC(=O)N1CCCC1. The van der Waals surface area contributed by atoms with Crippen molar-refractivity contribution in [3.05, 3.63) is 21.9 Å². The zero-order valence-corrected chi connectivity index (χ0v) is 13.8. The Morgan fingerprint density at radius 1 is 1.32 bits per heavy atom. The van der Waals surface area contributed by atoms with E-state index in [1.807, 2.05) is 9.80 Å². The van der Waals surface area contributed by atoms with Gasteiger partial charge in [-0.05, 0) is 42.7 Å². The van der Waals surface area contributed by atoms with Gasteiger partial charge in [-0.25, -0.2) is 4.79 Å². The minimum atomic E-state index is -0.115. The molecule has 1 aromatic heterocycles. The van der Waals surface area contributed by atoms with Crippen LogP contribution in [0.3, 0.4) is 0 Å². The summed E-state index contributed by atoms with van der Waals surface area (Å²) in [4.78, 5) is 29.6. The van der Waals surface area contributed by atoms with E-state index in [-0.39, 0.29) is 24.5 Å². The van der Waals surface area contributed by atoms with Crippen molar-refractivity contribution in [3.8, 4) is 0 Å². The first kappa shape index (κ1) is 15.3. The number of hydrogen-bond acceptors (Lipinski definition) is 3. The van der Waals surface area contributed by atoms with Crippen molar-refractivity contribution in [3.63, 3.8) is 0 Å². The molecule has 0 aromatic carbocycles. The number of thiophene rings is 1. The van der Waals surface area contributed by atoms with Crippen molar-refractivity contribution >= 4 is 23.3 Å². The summed E-state index contributed by atoms with van der Waals surface area (Å²) in [6.07, 6.45) is 3.96. The molecule has 1 N–H and O–H groups in total. The van der Waals surface area contributed by atoms with Crippen LogP contribution in [0.15, 0.2) is 11.4 Å². The van der Waals surface area contributed by atoms with Gasteiger partial charge in [0.1, 0.15) is 0 Å². The molecule has 1 fully saturated rings. The summed E-state index contributed by atoms with van der Waals surface area (Å²) in [5.41, 5.74) is 1.28. The van der Waals surface area contributed by atoms with E-state index >= 15 is 0 Å². The highest BCUT2D eigenvalue weighted by atomic mass is 32.1. The Kier molecular flexibility index (Phi) is 4.66. The lowest BCUT2D eigenvalue weighted by Gasteiger charge is -2.35. The maximum atomic E-state index is 12.5. The Morgan fingerprint density at radius 2 is 2.09 bits per heavy atom. The smallest absolute Gasteiger partial charge is 0.318 e. The highest BCUT2D eigenvalue weighted by Gasteiger charge is 2.30. The second-order valence-electron chi connectivity index (χ2n) is 5.91. The fourth-order valence-electron chi connectivity index (χ4n) is 3.41. The maximum Gasteiger partial charge on any atom is 0.318 e. The molecule has 6 heteroatoms. The minimum Gasteiger partial charge on any atom is -0.341 e. The second-order valence-corrected chi connectivity index (χ2v) is 6.91. The van der Waals surface area contributed by atoms with Gasteiger partial charge in [0.2, 0.25) is 5.91 Å². The lowest BCUT2D eigenvalue weighted by atomic mass is 9.98. The van der Waals surface area contributed by atoms with Crippen LogP contribution in [0.25, 0.3) is 0 Å². The minimum absolute atomic E-state index is 0.0344. The average Bonchev–Trinajstić information content (AvgIpc) is 3.21. The molecule has 1 atom stereocenters. The molecule has 3 heterocycles. The van der Waals surface area contributed by atoms with Crippen LogP contribution in [0.2, 0.25) is 0 Å². The Labute approximate surface area is 135 Å². The molecule has 1 aromatic rings. The van der Waals surface area contributed by atoms with Crippen LogP contribution in [0.1, 0.15) is 42.7 Å². The van der Waals surface area contributed by atoms with Gasteiger partial charge in [-0.3, -0.25) is 4.79 Å². The molecule has 0 bridgehead atoms. The normalized spacial score (nSPS) is 20.9. The summed E-state index contributed by atoms with van der Waals surface area (Å²) in [5, 5.41) is 4.92. The summed E-state index contributed by atoms with van der Waals surface area (Å²) in [6, 6.07) is 2.15. The van der Waals surface area contributed by atoms with Crippen LogP contribution >= 0.6 is 11.3 Å². The van der Waals surface area contributed by atoms with Crippen LogP contribution in [-0.4, -0.2) is 47.9 Å². The van der Waals surface area contributed by atoms with Gasteiger partial charge in [0.15, 0.2) is 0 Å². The number of likely N-dealkylation sites (tertiary alicyclic amines) is 1. The van der Waals surface area contributed by atoms with Gasteiger partial charge in [0, 0.05) is 24.5 Å². The second kappa shape index (κ2) is 6.69. The molecule has 0 spiro atoms. The molecular weight excluding hydrogens is 298 g/mol. The summed E-state index contributed by atoms with van der Waals surface area (Å²) in [6.45, 7) is 4.60. The molecule has 22 heavy (non-hydrogen) atoms. The van der Waals surface area contributed by atoms with Crippen molar-refractivity contribution in [2.45, 2.75) is 38.6 Å². The molecule has 0 saturated carbocycles. The molecule has 2 aliphatic rings. The first-order valence-corrected chi connectivity index (χ1v) is 8.97. The zero-order valence-electron chi connectivity index (χ0n) is 13.0. The van der Waals surface area contributed by atoms with Gasteiger partial charge in [-0.1, -0.05) is 6.92 Å². The van der Waals surface area contributed by atoms with E-state index in [0.29, 0.717) is 0 Å². The zero-order chi connectivity index (χ0) is 15.5. The standard InChI is InChI=1S/C16H23N3O2S/c1-2-13-12-6-10-22-14(12)5-9-19(13)16(21)17-11-15(20)18-7-3-4-8-18/h6,10,13H,2-5,7-9,11H2,1H3,(H,17,21). The topological polar surface area (TPSA) is 52.7 Å². The molecular formula is C16H23N3O2S. The summed E-state index contributed by atoms with van der Waals surface area (Å²) in [7, 11) is 0. The van der Waals surface area contributed by atoms with E-state index < -0.39 is 0 Å². The number of carbonyl (C=O) groups excluding carboxylic acids is 2. The van der Waals surface area contributed by atoms with Gasteiger partial charge in [-0.2, -0.15) is 0 Å². The van der Waals surface area contributed by atoms with Crippen LogP contribution in [0.4, 0.5) is 4.79 Å². The fraction of sp³-hybridized carbons (Fsp3) is 0.625. The van der Waals surface area contributed by atoms with Gasteiger partial charge in [0.05, 0.1) is 12.6 Å². The number of carbonyl (C=O) groups is 2. The van der Waals surface area contributed by atoms with E-state index in [1.165, 1.54) is 10.4 Å². The number of nitrogens with zero attached hydrogens (tertiary/aromatic N) is 2.